The minimum atomic E-state index is -1.00. The number of allylic oxidation sites excluding steroid dienone is 2. The van der Waals surface area contributed by atoms with Gasteiger partial charge in [-0.1, -0.05) is 36.4 Å². The monoisotopic (exact) mass is 482 g/mol. The average Bonchev–Trinajstić information content (AvgIpc) is 3.31. The minimum Gasteiger partial charge on any atom is -0.310 e. The predicted molar refractivity (Wildman–Crippen MR) is 131 cm³/mol. The Morgan fingerprint density at radius 1 is 0.917 bits per heavy atom. The first-order chi connectivity index (χ1) is 17.4. The fourth-order valence-electron chi connectivity index (χ4n) is 4.34. The molecular weight excluding hydrogens is 462 g/mol. The third kappa shape index (κ3) is 4.55. The summed E-state index contributed by atoms with van der Waals surface area (Å²) in [6, 6.07) is 16.9. The van der Waals surface area contributed by atoms with Gasteiger partial charge in [-0.15, -0.1) is 0 Å². The number of benzene rings is 2. The molecule has 0 bridgehead atoms. The summed E-state index contributed by atoms with van der Waals surface area (Å²) in [7, 11) is 0. The number of fused-ring (bicyclic) bond motifs is 1. The summed E-state index contributed by atoms with van der Waals surface area (Å²) in [5.74, 6) is -2.53. The Bertz CT molecular complexity index is 1600. The van der Waals surface area contributed by atoms with Gasteiger partial charge in [0.2, 0.25) is 0 Å². The highest BCUT2D eigenvalue weighted by atomic mass is 19.2. The highest BCUT2D eigenvalue weighted by molar-refractivity contribution is 6.29. The van der Waals surface area contributed by atoms with Crippen molar-refractivity contribution in [2.45, 2.75) is 19.4 Å². The van der Waals surface area contributed by atoms with E-state index in [2.05, 4.69) is 4.98 Å². The molecule has 178 valence electrons. The maximum absolute atomic E-state index is 13.5. The molecule has 1 aliphatic carbocycles. The fourth-order valence-corrected chi connectivity index (χ4v) is 4.34. The molecule has 0 fully saturated rings. The molecule has 2 heterocycles. The van der Waals surface area contributed by atoms with Gasteiger partial charge in [0, 0.05) is 41.9 Å². The molecule has 7 heteroatoms. The number of pyridine rings is 2. The van der Waals surface area contributed by atoms with E-state index in [1.807, 2.05) is 12.1 Å². The topological polar surface area (TPSA) is 69.0 Å². The molecule has 5 nitrogen and oxygen atoms in total. The number of halogens is 2. The van der Waals surface area contributed by atoms with E-state index in [0.29, 0.717) is 28.7 Å². The molecule has 5 rings (SSSR count). The lowest BCUT2D eigenvalue weighted by atomic mass is 9.96. The lowest BCUT2D eigenvalue weighted by Crippen LogP contribution is -2.27. The normalized spacial score (nSPS) is 12.2. The Hall–Kier alpha value is -4.52. The van der Waals surface area contributed by atoms with Gasteiger partial charge in [-0.2, -0.15) is 0 Å². The van der Waals surface area contributed by atoms with Gasteiger partial charge in [-0.3, -0.25) is 19.4 Å². The molecule has 4 aromatic rings. The first kappa shape index (κ1) is 23.2. The molecule has 2 aromatic heterocycles. The number of carbonyl (C=O) groups is 2. The van der Waals surface area contributed by atoms with Gasteiger partial charge in [-0.25, -0.2) is 8.78 Å². The van der Waals surface area contributed by atoms with Crippen molar-refractivity contribution in [2.75, 3.05) is 0 Å². The molecule has 36 heavy (non-hydrogen) atoms. The van der Waals surface area contributed by atoms with E-state index in [9.17, 15) is 23.2 Å². The minimum absolute atomic E-state index is 0.00736. The first-order valence-electron chi connectivity index (χ1n) is 11.4. The van der Waals surface area contributed by atoms with Crippen molar-refractivity contribution in [3.05, 3.63) is 141 Å². The Morgan fingerprint density at radius 2 is 1.78 bits per heavy atom. The largest absolute Gasteiger partial charge is 0.310 e. The lowest BCUT2D eigenvalue weighted by molar-refractivity contribution is 0.0989. The van der Waals surface area contributed by atoms with Gasteiger partial charge < -0.3 is 4.57 Å². The zero-order valence-corrected chi connectivity index (χ0v) is 19.1. The summed E-state index contributed by atoms with van der Waals surface area (Å²) >= 11 is 0. The molecular formula is C29H20F2N2O3. The van der Waals surface area contributed by atoms with Crippen LogP contribution in [0.2, 0.25) is 0 Å². The van der Waals surface area contributed by atoms with Crippen LogP contribution < -0.4 is 5.56 Å². The SMILES string of the molecule is O=C(C1=CCc2ncccc21)c1cccc(CC(=O)c2cccn(Cc3ccc(F)c(F)c3)c2=O)c1. The smallest absolute Gasteiger partial charge is 0.261 e. The van der Waals surface area contributed by atoms with Crippen molar-refractivity contribution >= 4 is 17.1 Å². The highest BCUT2D eigenvalue weighted by Crippen LogP contribution is 2.28. The van der Waals surface area contributed by atoms with Crippen molar-refractivity contribution in [3.8, 4) is 0 Å². The van der Waals surface area contributed by atoms with E-state index in [1.54, 1.807) is 42.6 Å². The summed E-state index contributed by atoms with van der Waals surface area (Å²) in [4.78, 5) is 43.4. The molecule has 0 saturated heterocycles. The molecule has 0 unspecified atom stereocenters. The number of ketones is 2. The number of Topliss-reactive ketones (excluding diaryl/α,β-unsaturated/α-hetero) is 2. The van der Waals surface area contributed by atoms with Crippen LogP contribution in [0.1, 0.15) is 43.1 Å². The van der Waals surface area contributed by atoms with Crippen LogP contribution in [0.3, 0.4) is 0 Å². The quantitative estimate of drug-likeness (QED) is 0.354. The third-order valence-electron chi connectivity index (χ3n) is 6.14. The van der Waals surface area contributed by atoms with Crippen molar-refractivity contribution in [1.82, 2.24) is 9.55 Å². The molecule has 0 saturated carbocycles. The van der Waals surface area contributed by atoms with Crippen LogP contribution in [0.15, 0.2) is 90.0 Å². The second-order valence-electron chi connectivity index (χ2n) is 8.55. The van der Waals surface area contributed by atoms with E-state index in [4.69, 9.17) is 0 Å². The Labute approximate surface area is 205 Å². The molecule has 1 aliphatic rings. The summed E-state index contributed by atoms with van der Waals surface area (Å²) in [6.07, 6.45) is 5.57. The zero-order valence-electron chi connectivity index (χ0n) is 19.1. The number of carbonyl (C=O) groups excluding carboxylic acids is 2. The number of nitrogens with zero attached hydrogens (tertiary/aromatic N) is 2. The van der Waals surface area contributed by atoms with Crippen molar-refractivity contribution in [3.63, 3.8) is 0 Å². The van der Waals surface area contributed by atoms with Gasteiger partial charge in [-0.05, 0) is 47.5 Å². The first-order valence-corrected chi connectivity index (χ1v) is 11.4. The lowest BCUT2D eigenvalue weighted by Gasteiger charge is -2.09. The van der Waals surface area contributed by atoms with Crippen LogP contribution in [0, 0.1) is 11.6 Å². The molecule has 2 aromatic carbocycles. The summed E-state index contributed by atoms with van der Waals surface area (Å²) in [5, 5.41) is 0. The van der Waals surface area contributed by atoms with Gasteiger partial charge in [0.25, 0.3) is 5.56 Å². The number of aromatic nitrogens is 2. The van der Waals surface area contributed by atoms with Crippen LogP contribution in [0.25, 0.3) is 5.57 Å². The van der Waals surface area contributed by atoms with Crippen molar-refractivity contribution in [1.29, 1.82) is 0 Å². The number of hydrogen-bond donors (Lipinski definition) is 0. The van der Waals surface area contributed by atoms with Crippen LogP contribution in [0.5, 0.6) is 0 Å². The molecule has 0 aliphatic heterocycles. The van der Waals surface area contributed by atoms with E-state index >= 15 is 0 Å². The van der Waals surface area contributed by atoms with Crippen LogP contribution in [-0.4, -0.2) is 21.1 Å². The van der Waals surface area contributed by atoms with E-state index in [1.165, 1.54) is 22.9 Å². The molecule has 0 amide bonds. The number of hydrogen-bond acceptors (Lipinski definition) is 4. The van der Waals surface area contributed by atoms with E-state index in [-0.39, 0.29) is 24.3 Å². The Morgan fingerprint density at radius 3 is 2.61 bits per heavy atom. The van der Waals surface area contributed by atoms with E-state index in [0.717, 1.165) is 23.4 Å². The van der Waals surface area contributed by atoms with Crippen molar-refractivity contribution < 1.29 is 18.4 Å². The fraction of sp³-hybridized carbons (Fsp3) is 0.103. The number of rotatable bonds is 7. The maximum Gasteiger partial charge on any atom is 0.261 e. The predicted octanol–water partition coefficient (Wildman–Crippen LogP) is 4.82. The Balaban J connectivity index is 1.35. The summed E-state index contributed by atoms with van der Waals surface area (Å²) < 4.78 is 28.0. The standard InChI is InChI=1S/C29H20F2N2O3/c30-24-10-8-19(15-25(24)31)17-33-13-3-7-23(29(33)36)27(34)16-18-4-1-5-20(14-18)28(35)22-9-11-26-21(22)6-2-12-32-26/h1-10,12-15H,11,16-17H2. The van der Waals surface area contributed by atoms with Crippen LogP contribution >= 0.6 is 0 Å². The zero-order chi connectivity index (χ0) is 25.2. The van der Waals surface area contributed by atoms with Gasteiger partial charge in [0.1, 0.15) is 0 Å². The van der Waals surface area contributed by atoms with Crippen LogP contribution in [-0.2, 0) is 19.4 Å². The highest BCUT2D eigenvalue weighted by Gasteiger charge is 2.22. The summed E-state index contributed by atoms with van der Waals surface area (Å²) in [5.41, 5.74) is 3.16. The second-order valence-corrected chi connectivity index (χ2v) is 8.55. The van der Waals surface area contributed by atoms with E-state index < -0.39 is 23.0 Å². The summed E-state index contributed by atoms with van der Waals surface area (Å²) in [6.45, 7) is -0.00736. The maximum atomic E-state index is 13.5. The third-order valence-corrected chi connectivity index (χ3v) is 6.14. The van der Waals surface area contributed by atoms with Gasteiger partial charge >= 0.3 is 0 Å². The second kappa shape index (κ2) is 9.62. The molecule has 0 atom stereocenters. The molecule has 0 radical (unpaired) electrons. The van der Waals surface area contributed by atoms with Gasteiger partial charge in [0.15, 0.2) is 23.2 Å². The Kier molecular flexibility index (Phi) is 6.21. The molecule has 0 N–H and O–H groups in total. The van der Waals surface area contributed by atoms with Crippen molar-refractivity contribution in [2.24, 2.45) is 0 Å². The van der Waals surface area contributed by atoms with Crippen LogP contribution in [0.4, 0.5) is 8.78 Å². The molecule has 0 spiro atoms. The van der Waals surface area contributed by atoms with Gasteiger partial charge in [0.05, 0.1) is 17.8 Å². The average molecular weight is 482 g/mol.